The van der Waals surface area contributed by atoms with Gasteiger partial charge in [0.05, 0.1) is 11.6 Å². The van der Waals surface area contributed by atoms with Gasteiger partial charge in [0.15, 0.2) is 0 Å². The lowest BCUT2D eigenvalue weighted by atomic mass is 10.1. The normalized spacial score (nSPS) is 11.6. The average Bonchev–Trinajstić information content (AvgIpc) is 2.47. The van der Waals surface area contributed by atoms with E-state index in [1.165, 1.54) is 0 Å². The second kappa shape index (κ2) is 6.96. The fraction of sp³-hybridized carbons (Fsp3) is 0. The number of nitrogens with zero attached hydrogens (tertiary/aromatic N) is 1. The van der Waals surface area contributed by atoms with Crippen molar-refractivity contribution in [2.24, 2.45) is 0 Å². The molecule has 0 fully saturated rings. The van der Waals surface area contributed by atoms with Crippen LogP contribution in [0.2, 0.25) is 10.0 Å². The second-order valence-electron chi connectivity index (χ2n) is 4.15. The molecule has 2 aromatic rings. The van der Waals surface area contributed by atoms with Gasteiger partial charge in [-0.3, -0.25) is 0 Å². The van der Waals surface area contributed by atoms with Gasteiger partial charge in [-0.2, -0.15) is 5.26 Å². The van der Waals surface area contributed by atoms with E-state index in [1.54, 1.807) is 18.2 Å². The van der Waals surface area contributed by atoms with Gasteiger partial charge in [0.1, 0.15) is 0 Å². The molecule has 0 N–H and O–H groups in total. The van der Waals surface area contributed by atoms with Crippen LogP contribution in [0, 0.1) is 11.3 Å². The van der Waals surface area contributed by atoms with Gasteiger partial charge in [-0.1, -0.05) is 53.5 Å². The lowest BCUT2D eigenvalue weighted by molar-refractivity contribution is 1.50. The topological polar surface area (TPSA) is 23.8 Å². The van der Waals surface area contributed by atoms with E-state index in [9.17, 15) is 0 Å². The number of benzene rings is 2. The SMILES string of the molecule is N#CC(/C=C/c1ccc(Cl)cc1)=C/c1ccc(Cl)cc1. The van der Waals surface area contributed by atoms with Crippen molar-refractivity contribution in [3.63, 3.8) is 0 Å². The molecule has 2 aromatic carbocycles. The van der Waals surface area contributed by atoms with Crippen LogP contribution in [0.15, 0.2) is 60.2 Å². The van der Waals surface area contributed by atoms with Gasteiger partial charge >= 0.3 is 0 Å². The van der Waals surface area contributed by atoms with Crippen LogP contribution in [0.5, 0.6) is 0 Å². The van der Waals surface area contributed by atoms with Gasteiger partial charge in [0, 0.05) is 10.0 Å². The Bertz CT molecular complexity index is 674. The van der Waals surface area contributed by atoms with E-state index in [2.05, 4.69) is 6.07 Å². The maximum Gasteiger partial charge on any atom is 0.0991 e. The standard InChI is InChI=1S/C17H11Cl2N/c18-16-7-3-13(4-8-16)1-2-15(12-20)11-14-5-9-17(19)10-6-14/h1-11H/b2-1+,15-11+. The molecule has 0 amide bonds. The molecule has 0 unspecified atom stereocenters. The Morgan fingerprint density at radius 1 is 0.850 bits per heavy atom. The maximum atomic E-state index is 9.15. The number of hydrogen-bond acceptors (Lipinski definition) is 1. The molecule has 0 aliphatic heterocycles. The first-order chi connectivity index (χ1) is 9.67. The molecule has 3 heteroatoms. The molecular formula is C17H11Cl2N. The Morgan fingerprint density at radius 2 is 1.35 bits per heavy atom. The Balaban J connectivity index is 2.18. The summed E-state index contributed by atoms with van der Waals surface area (Å²) in [5, 5.41) is 10.5. The first-order valence-corrected chi connectivity index (χ1v) is 6.74. The zero-order valence-corrected chi connectivity index (χ0v) is 12.1. The van der Waals surface area contributed by atoms with E-state index in [-0.39, 0.29) is 0 Å². The molecule has 0 radical (unpaired) electrons. The lowest BCUT2D eigenvalue weighted by Gasteiger charge is -1.96. The van der Waals surface area contributed by atoms with Gasteiger partial charge in [-0.15, -0.1) is 0 Å². The van der Waals surface area contributed by atoms with Crippen molar-refractivity contribution >= 4 is 35.4 Å². The summed E-state index contributed by atoms with van der Waals surface area (Å²) in [6, 6.07) is 16.9. The van der Waals surface area contributed by atoms with Crippen molar-refractivity contribution in [2.75, 3.05) is 0 Å². The van der Waals surface area contributed by atoms with Crippen molar-refractivity contribution in [1.29, 1.82) is 5.26 Å². The number of hydrogen-bond donors (Lipinski definition) is 0. The van der Waals surface area contributed by atoms with Gasteiger partial charge in [0.25, 0.3) is 0 Å². The fourth-order valence-corrected chi connectivity index (χ4v) is 1.87. The summed E-state index contributed by atoms with van der Waals surface area (Å²) < 4.78 is 0. The van der Waals surface area contributed by atoms with Crippen molar-refractivity contribution in [1.82, 2.24) is 0 Å². The van der Waals surface area contributed by atoms with Crippen LogP contribution >= 0.6 is 23.2 Å². The molecule has 20 heavy (non-hydrogen) atoms. The quantitative estimate of drug-likeness (QED) is 0.533. The van der Waals surface area contributed by atoms with E-state index < -0.39 is 0 Å². The molecule has 0 saturated heterocycles. The van der Waals surface area contributed by atoms with Gasteiger partial charge < -0.3 is 0 Å². The molecule has 98 valence electrons. The van der Waals surface area contributed by atoms with Crippen LogP contribution in [-0.2, 0) is 0 Å². The summed E-state index contributed by atoms with van der Waals surface area (Å²) in [7, 11) is 0. The predicted octanol–water partition coefficient (Wildman–Crippen LogP) is 5.61. The monoisotopic (exact) mass is 299 g/mol. The molecule has 0 aliphatic carbocycles. The second-order valence-corrected chi connectivity index (χ2v) is 5.02. The smallest absolute Gasteiger partial charge is 0.0991 e. The molecule has 0 aliphatic rings. The van der Waals surface area contributed by atoms with Gasteiger partial charge in [0.2, 0.25) is 0 Å². The minimum atomic E-state index is 0.572. The molecule has 0 spiro atoms. The molecule has 0 atom stereocenters. The summed E-state index contributed by atoms with van der Waals surface area (Å²) in [6.45, 7) is 0. The predicted molar refractivity (Wildman–Crippen MR) is 85.5 cm³/mol. The molecule has 0 heterocycles. The summed E-state index contributed by atoms with van der Waals surface area (Å²) in [5.41, 5.74) is 2.50. The van der Waals surface area contributed by atoms with Gasteiger partial charge in [-0.25, -0.2) is 0 Å². The van der Waals surface area contributed by atoms with E-state index >= 15 is 0 Å². The fourth-order valence-electron chi connectivity index (χ4n) is 1.62. The zero-order chi connectivity index (χ0) is 14.4. The molecule has 0 aromatic heterocycles. The molecule has 2 rings (SSSR count). The van der Waals surface area contributed by atoms with E-state index in [0.29, 0.717) is 15.6 Å². The number of allylic oxidation sites excluding steroid dienone is 2. The van der Waals surface area contributed by atoms with E-state index in [4.69, 9.17) is 28.5 Å². The highest BCUT2D eigenvalue weighted by Crippen LogP contribution is 2.15. The third-order valence-electron chi connectivity index (χ3n) is 2.65. The summed E-state index contributed by atoms with van der Waals surface area (Å²) >= 11 is 11.6. The van der Waals surface area contributed by atoms with Crippen LogP contribution in [0.25, 0.3) is 12.2 Å². The molecular weight excluding hydrogens is 289 g/mol. The first kappa shape index (κ1) is 14.4. The summed E-state index contributed by atoms with van der Waals surface area (Å²) in [6.07, 6.45) is 5.46. The van der Waals surface area contributed by atoms with E-state index in [0.717, 1.165) is 11.1 Å². The Morgan fingerprint density at radius 3 is 1.85 bits per heavy atom. The Kier molecular flexibility index (Phi) is 5.01. The Labute approximate surface area is 128 Å². The molecule has 0 bridgehead atoms. The van der Waals surface area contributed by atoms with Gasteiger partial charge in [-0.05, 0) is 47.5 Å². The molecule has 0 saturated carbocycles. The highest BCUT2D eigenvalue weighted by atomic mass is 35.5. The third kappa shape index (κ3) is 4.28. The highest BCUT2D eigenvalue weighted by Gasteiger charge is 1.94. The number of halogens is 2. The van der Waals surface area contributed by atoms with Crippen molar-refractivity contribution in [2.45, 2.75) is 0 Å². The lowest BCUT2D eigenvalue weighted by Crippen LogP contribution is -1.76. The summed E-state index contributed by atoms with van der Waals surface area (Å²) in [4.78, 5) is 0. The highest BCUT2D eigenvalue weighted by molar-refractivity contribution is 6.30. The van der Waals surface area contributed by atoms with Crippen LogP contribution in [0.1, 0.15) is 11.1 Å². The van der Waals surface area contributed by atoms with Crippen LogP contribution in [-0.4, -0.2) is 0 Å². The largest absolute Gasteiger partial charge is 0.192 e. The minimum absolute atomic E-state index is 0.572. The zero-order valence-electron chi connectivity index (χ0n) is 10.6. The van der Waals surface area contributed by atoms with Crippen LogP contribution < -0.4 is 0 Å². The summed E-state index contributed by atoms with van der Waals surface area (Å²) in [5.74, 6) is 0. The van der Waals surface area contributed by atoms with Crippen molar-refractivity contribution in [3.8, 4) is 6.07 Å². The molecule has 1 nitrogen and oxygen atoms in total. The van der Waals surface area contributed by atoms with Crippen molar-refractivity contribution in [3.05, 3.63) is 81.4 Å². The average molecular weight is 300 g/mol. The van der Waals surface area contributed by atoms with Crippen LogP contribution in [0.3, 0.4) is 0 Å². The Hall–Kier alpha value is -2.01. The third-order valence-corrected chi connectivity index (χ3v) is 3.15. The first-order valence-electron chi connectivity index (χ1n) is 5.98. The number of rotatable bonds is 3. The maximum absolute atomic E-state index is 9.15. The van der Waals surface area contributed by atoms with Crippen molar-refractivity contribution < 1.29 is 0 Å². The van der Waals surface area contributed by atoms with E-state index in [1.807, 2.05) is 48.6 Å². The minimum Gasteiger partial charge on any atom is -0.192 e. The number of nitriles is 1. The van der Waals surface area contributed by atoms with Crippen LogP contribution in [0.4, 0.5) is 0 Å².